The average molecular weight is 304 g/mol. The van der Waals surface area contributed by atoms with Gasteiger partial charge >= 0.3 is 0 Å². The fourth-order valence-corrected chi connectivity index (χ4v) is 3.13. The molecule has 0 radical (unpaired) electrons. The number of thiazole rings is 1. The Bertz CT molecular complexity index is 990. The summed E-state index contributed by atoms with van der Waals surface area (Å²) >= 11 is 1.59. The molecule has 0 saturated carbocycles. The first kappa shape index (κ1) is 13.0. The molecule has 0 atom stereocenters. The molecule has 3 aromatic carbocycles. The van der Waals surface area contributed by atoms with Gasteiger partial charge in [0.2, 0.25) is 0 Å². The van der Waals surface area contributed by atoms with Crippen molar-refractivity contribution in [3.8, 4) is 0 Å². The van der Waals surface area contributed by atoms with E-state index < -0.39 is 0 Å². The van der Waals surface area contributed by atoms with E-state index in [4.69, 9.17) is 0 Å². The van der Waals surface area contributed by atoms with Gasteiger partial charge in [-0.2, -0.15) is 0 Å². The normalized spacial score (nSPS) is 10.9. The van der Waals surface area contributed by atoms with E-state index in [9.17, 15) is 4.79 Å². The van der Waals surface area contributed by atoms with Crippen molar-refractivity contribution >= 4 is 43.9 Å². The van der Waals surface area contributed by atoms with Gasteiger partial charge in [0.15, 0.2) is 0 Å². The first-order chi connectivity index (χ1) is 10.8. The third-order valence-electron chi connectivity index (χ3n) is 3.60. The fourth-order valence-electron chi connectivity index (χ4n) is 2.47. The van der Waals surface area contributed by atoms with E-state index >= 15 is 0 Å². The first-order valence-corrected chi connectivity index (χ1v) is 7.81. The second-order valence-corrected chi connectivity index (χ2v) is 5.94. The summed E-state index contributed by atoms with van der Waals surface area (Å²) in [5, 5.41) is 5.12. The number of nitrogens with zero attached hydrogens (tertiary/aromatic N) is 1. The van der Waals surface area contributed by atoms with Crippen LogP contribution in [0.15, 0.2) is 66.2 Å². The van der Waals surface area contributed by atoms with E-state index in [1.165, 1.54) is 0 Å². The summed E-state index contributed by atoms with van der Waals surface area (Å²) < 4.78 is 1.11. The summed E-state index contributed by atoms with van der Waals surface area (Å²) in [6, 6.07) is 19.5. The molecule has 4 heteroatoms. The van der Waals surface area contributed by atoms with Crippen LogP contribution < -0.4 is 5.32 Å². The lowest BCUT2D eigenvalue weighted by molar-refractivity contribution is 0.102. The smallest absolute Gasteiger partial charge is 0.255 e. The summed E-state index contributed by atoms with van der Waals surface area (Å²) in [5.74, 6) is -0.111. The van der Waals surface area contributed by atoms with E-state index in [1.54, 1.807) is 16.8 Å². The van der Waals surface area contributed by atoms with Crippen molar-refractivity contribution in [2.24, 2.45) is 0 Å². The van der Waals surface area contributed by atoms with Crippen LogP contribution in [0.4, 0.5) is 5.69 Å². The van der Waals surface area contributed by atoms with Crippen molar-refractivity contribution in [2.45, 2.75) is 0 Å². The van der Waals surface area contributed by atoms with Crippen LogP contribution in [0.1, 0.15) is 10.4 Å². The zero-order valence-corrected chi connectivity index (χ0v) is 12.4. The first-order valence-electron chi connectivity index (χ1n) is 6.93. The summed E-state index contributed by atoms with van der Waals surface area (Å²) in [4.78, 5) is 16.7. The molecule has 4 aromatic rings. The van der Waals surface area contributed by atoms with E-state index in [0.717, 1.165) is 26.7 Å². The molecule has 0 fully saturated rings. The summed E-state index contributed by atoms with van der Waals surface area (Å²) in [6.45, 7) is 0. The zero-order chi connectivity index (χ0) is 14.9. The predicted molar refractivity (Wildman–Crippen MR) is 91.5 cm³/mol. The van der Waals surface area contributed by atoms with Crippen LogP contribution in [0.2, 0.25) is 0 Å². The summed E-state index contributed by atoms with van der Waals surface area (Å²) in [5.41, 5.74) is 4.12. The Balaban J connectivity index is 1.64. The van der Waals surface area contributed by atoms with Crippen LogP contribution in [-0.2, 0) is 0 Å². The SMILES string of the molecule is O=C(Nc1ccc2scnc2c1)c1ccc2ccccc2c1. The number of aromatic nitrogens is 1. The number of carbonyl (C=O) groups is 1. The molecule has 0 unspecified atom stereocenters. The van der Waals surface area contributed by atoms with Gasteiger partial charge in [-0.15, -0.1) is 11.3 Å². The average Bonchev–Trinajstić information content (AvgIpc) is 3.02. The van der Waals surface area contributed by atoms with Crippen LogP contribution in [0.5, 0.6) is 0 Å². The van der Waals surface area contributed by atoms with Crippen molar-refractivity contribution < 1.29 is 4.79 Å². The minimum Gasteiger partial charge on any atom is -0.322 e. The summed E-state index contributed by atoms with van der Waals surface area (Å²) in [6.07, 6.45) is 0. The third-order valence-corrected chi connectivity index (χ3v) is 4.41. The summed E-state index contributed by atoms with van der Waals surface area (Å²) in [7, 11) is 0. The van der Waals surface area contributed by atoms with Gasteiger partial charge in [-0.05, 0) is 41.1 Å². The van der Waals surface area contributed by atoms with Gasteiger partial charge < -0.3 is 5.32 Å². The van der Waals surface area contributed by atoms with Crippen LogP contribution in [0, 0.1) is 0 Å². The minimum atomic E-state index is -0.111. The second kappa shape index (κ2) is 5.24. The number of anilines is 1. The number of carbonyl (C=O) groups excluding carboxylic acids is 1. The number of hydrogen-bond acceptors (Lipinski definition) is 3. The Morgan fingerprint density at radius 2 is 1.82 bits per heavy atom. The number of rotatable bonds is 2. The van der Waals surface area contributed by atoms with E-state index in [0.29, 0.717) is 5.56 Å². The van der Waals surface area contributed by atoms with Gasteiger partial charge in [0.25, 0.3) is 5.91 Å². The molecular formula is C18H12N2OS. The van der Waals surface area contributed by atoms with Gasteiger partial charge in [0.05, 0.1) is 15.7 Å². The molecule has 106 valence electrons. The van der Waals surface area contributed by atoms with Crippen LogP contribution in [0.25, 0.3) is 21.0 Å². The number of nitrogens with one attached hydrogen (secondary N) is 1. The molecule has 0 aliphatic rings. The highest BCUT2D eigenvalue weighted by Crippen LogP contribution is 2.22. The van der Waals surface area contributed by atoms with Crippen molar-refractivity contribution in [3.63, 3.8) is 0 Å². The zero-order valence-electron chi connectivity index (χ0n) is 11.6. The molecule has 3 nitrogen and oxygen atoms in total. The molecule has 22 heavy (non-hydrogen) atoms. The number of fused-ring (bicyclic) bond motifs is 2. The van der Waals surface area contributed by atoms with E-state index in [-0.39, 0.29) is 5.91 Å². The molecule has 0 spiro atoms. The predicted octanol–water partition coefficient (Wildman–Crippen LogP) is 4.70. The monoisotopic (exact) mass is 304 g/mol. The Morgan fingerprint density at radius 3 is 2.73 bits per heavy atom. The molecule has 0 saturated heterocycles. The number of hydrogen-bond donors (Lipinski definition) is 1. The Labute approximate surface area is 131 Å². The van der Waals surface area contributed by atoms with Crippen molar-refractivity contribution in [2.75, 3.05) is 5.32 Å². The van der Waals surface area contributed by atoms with Gasteiger partial charge in [-0.1, -0.05) is 30.3 Å². The minimum absolute atomic E-state index is 0.111. The molecule has 1 heterocycles. The van der Waals surface area contributed by atoms with Gasteiger partial charge in [0, 0.05) is 11.3 Å². The highest BCUT2D eigenvalue weighted by Gasteiger charge is 2.08. The lowest BCUT2D eigenvalue weighted by atomic mass is 10.1. The van der Waals surface area contributed by atoms with E-state index in [2.05, 4.69) is 10.3 Å². The Morgan fingerprint density at radius 1 is 0.955 bits per heavy atom. The standard InChI is InChI=1S/C18H12N2OS/c21-18(14-6-5-12-3-1-2-4-13(12)9-14)20-15-7-8-17-16(10-15)19-11-22-17/h1-11H,(H,20,21). The molecule has 4 rings (SSSR count). The van der Waals surface area contributed by atoms with Crippen molar-refractivity contribution in [1.82, 2.24) is 4.98 Å². The lowest BCUT2D eigenvalue weighted by Gasteiger charge is -2.06. The maximum Gasteiger partial charge on any atom is 0.255 e. The van der Waals surface area contributed by atoms with Crippen LogP contribution in [0.3, 0.4) is 0 Å². The largest absolute Gasteiger partial charge is 0.322 e. The van der Waals surface area contributed by atoms with Crippen LogP contribution >= 0.6 is 11.3 Å². The van der Waals surface area contributed by atoms with Gasteiger partial charge in [-0.25, -0.2) is 4.98 Å². The number of benzene rings is 3. The maximum atomic E-state index is 12.4. The maximum absolute atomic E-state index is 12.4. The molecule has 0 aliphatic carbocycles. The van der Waals surface area contributed by atoms with Gasteiger partial charge in [-0.3, -0.25) is 4.79 Å². The lowest BCUT2D eigenvalue weighted by Crippen LogP contribution is -2.11. The fraction of sp³-hybridized carbons (Fsp3) is 0. The van der Waals surface area contributed by atoms with E-state index in [1.807, 2.05) is 60.7 Å². The molecule has 1 amide bonds. The molecular weight excluding hydrogens is 292 g/mol. The highest BCUT2D eigenvalue weighted by molar-refractivity contribution is 7.16. The Kier molecular flexibility index (Phi) is 3.09. The number of amides is 1. The third kappa shape index (κ3) is 2.34. The molecule has 0 aliphatic heterocycles. The van der Waals surface area contributed by atoms with Gasteiger partial charge in [0.1, 0.15) is 0 Å². The van der Waals surface area contributed by atoms with Crippen LogP contribution in [-0.4, -0.2) is 10.9 Å². The highest BCUT2D eigenvalue weighted by atomic mass is 32.1. The van der Waals surface area contributed by atoms with Crippen molar-refractivity contribution in [1.29, 1.82) is 0 Å². The van der Waals surface area contributed by atoms with Crippen molar-refractivity contribution in [3.05, 3.63) is 71.7 Å². The Hall–Kier alpha value is -2.72. The molecule has 1 aromatic heterocycles. The second-order valence-electron chi connectivity index (χ2n) is 5.05. The molecule has 1 N–H and O–H groups in total. The topological polar surface area (TPSA) is 42.0 Å². The molecule has 0 bridgehead atoms. The quantitative estimate of drug-likeness (QED) is 0.583.